The Morgan fingerprint density at radius 1 is 0.383 bits per heavy atom. The number of para-hydroxylation sites is 2. The van der Waals surface area contributed by atoms with E-state index in [4.69, 9.17) is 0 Å². The Morgan fingerprint density at radius 2 is 1.02 bits per heavy atom. The summed E-state index contributed by atoms with van der Waals surface area (Å²) in [5, 5.41) is 10.5. The molecule has 0 aliphatic heterocycles. The Balaban J connectivity index is 1.22. The molecule has 0 fully saturated rings. The molecule has 2 nitrogen and oxygen atoms in total. The molecule has 0 saturated carbocycles. The number of fused-ring (bicyclic) bond motifs is 9. The molecule has 10 rings (SSSR count). The predicted octanol–water partition coefficient (Wildman–Crippen LogP) is 11.9. The van der Waals surface area contributed by atoms with Gasteiger partial charge in [-0.3, -0.25) is 0 Å². The molecule has 47 heavy (non-hydrogen) atoms. The van der Waals surface area contributed by atoms with Gasteiger partial charge in [-0.2, -0.15) is 0 Å². The standard InChI is InChI=1S/C44H28N2Se/c1-3-13-32(14-4-1)45(34-20-23-36-31(25-34)19-22-39-38-17-9-10-18-43(38)47-44(36)39)35-21-24-37-40-26-29-11-7-8-12-30(29)27-41(40)46(42(37)28-35)33-15-5-2-6-16-33/h1-28H. The SMILES string of the molecule is c1ccc(N(c2ccc3c(ccc4c5ccccc5[se]c34)c2)c2ccc3c4cc5ccccc5cc4n(-c4ccccc4)c3c2)cc1. The van der Waals surface area contributed by atoms with E-state index in [9.17, 15) is 0 Å². The first-order chi connectivity index (χ1) is 23.3. The Kier molecular flexibility index (Phi) is 5.92. The van der Waals surface area contributed by atoms with Crippen LogP contribution < -0.4 is 4.90 Å². The van der Waals surface area contributed by atoms with Crippen LogP contribution >= 0.6 is 0 Å². The van der Waals surface area contributed by atoms with Crippen molar-refractivity contribution in [3.8, 4) is 5.69 Å². The molecule has 2 aromatic heterocycles. The quantitative estimate of drug-likeness (QED) is 0.170. The zero-order valence-corrected chi connectivity index (χ0v) is 27.2. The first-order valence-corrected chi connectivity index (χ1v) is 17.7. The number of nitrogens with zero attached hydrogens (tertiary/aromatic N) is 2. The Morgan fingerprint density at radius 3 is 1.85 bits per heavy atom. The fraction of sp³-hybridized carbons (Fsp3) is 0. The number of benzene rings is 8. The van der Waals surface area contributed by atoms with Gasteiger partial charge < -0.3 is 0 Å². The van der Waals surface area contributed by atoms with Crippen molar-refractivity contribution in [2.75, 3.05) is 4.90 Å². The number of anilines is 3. The van der Waals surface area contributed by atoms with Crippen LogP contribution in [-0.4, -0.2) is 19.1 Å². The van der Waals surface area contributed by atoms with Crippen molar-refractivity contribution in [3.05, 3.63) is 170 Å². The van der Waals surface area contributed by atoms with Crippen LogP contribution in [0.25, 0.3) is 68.3 Å². The zero-order valence-electron chi connectivity index (χ0n) is 25.5. The number of hydrogen-bond donors (Lipinski definition) is 0. The summed E-state index contributed by atoms with van der Waals surface area (Å²) in [4.78, 5) is 2.40. The molecular formula is C44H28N2Se. The number of rotatable bonds is 4. The summed E-state index contributed by atoms with van der Waals surface area (Å²) in [5.74, 6) is 0. The minimum absolute atomic E-state index is 0.312. The van der Waals surface area contributed by atoms with Crippen LogP contribution in [0.2, 0.25) is 0 Å². The molecular weight excluding hydrogens is 635 g/mol. The molecule has 0 spiro atoms. The normalized spacial score (nSPS) is 11.8. The summed E-state index contributed by atoms with van der Waals surface area (Å²) in [6.07, 6.45) is 0. The zero-order chi connectivity index (χ0) is 30.9. The van der Waals surface area contributed by atoms with Crippen LogP contribution in [0.1, 0.15) is 0 Å². The first-order valence-electron chi connectivity index (χ1n) is 16.0. The van der Waals surface area contributed by atoms with Gasteiger partial charge in [0.05, 0.1) is 0 Å². The summed E-state index contributed by atoms with van der Waals surface area (Å²) < 4.78 is 5.40. The molecule has 220 valence electrons. The van der Waals surface area contributed by atoms with E-state index in [-0.39, 0.29) is 0 Å². The van der Waals surface area contributed by atoms with Crippen LogP contribution in [0.3, 0.4) is 0 Å². The topological polar surface area (TPSA) is 8.17 Å². The Labute approximate surface area is 278 Å². The van der Waals surface area contributed by atoms with Crippen LogP contribution in [0.5, 0.6) is 0 Å². The third-order valence-corrected chi connectivity index (χ3v) is 12.1. The number of hydrogen-bond acceptors (Lipinski definition) is 1. The van der Waals surface area contributed by atoms with Crippen LogP contribution in [0.15, 0.2) is 170 Å². The third-order valence-electron chi connectivity index (χ3n) is 9.51. The maximum atomic E-state index is 2.42. The summed E-state index contributed by atoms with van der Waals surface area (Å²) in [6, 6.07) is 62.4. The van der Waals surface area contributed by atoms with E-state index >= 15 is 0 Å². The Hall–Kier alpha value is -5.60. The molecule has 0 saturated heterocycles. The van der Waals surface area contributed by atoms with Crippen molar-refractivity contribution in [2.24, 2.45) is 0 Å². The summed E-state index contributed by atoms with van der Waals surface area (Å²) in [5.41, 5.74) is 6.99. The van der Waals surface area contributed by atoms with E-state index < -0.39 is 0 Å². The predicted molar refractivity (Wildman–Crippen MR) is 202 cm³/mol. The molecule has 3 heteroatoms. The van der Waals surface area contributed by atoms with Crippen molar-refractivity contribution in [3.63, 3.8) is 0 Å². The van der Waals surface area contributed by atoms with E-state index in [1.54, 1.807) is 0 Å². The minimum atomic E-state index is 0.312. The van der Waals surface area contributed by atoms with Crippen molar-refractivity contribution >= 4 is 94.2 Å². The summed E-state index contributed by atoms with van der Waals surface area (Å²) in [6.45, 7) is 0. The molecule has 8 aromatic carbocycles. The molecule has 0 aliphatic carbocycles. The van der Waals surface area contributed by atoms with Gasteiger partial charge in [0, 0.05) is 0 Å². The van der Waals surface area contributed by atoms with Gasteiger partial charge in [0.25, 0.3) is 0 Å². The van der Waals surface area contributed by atoms with E-state index in [0.29, 0.717) is 14.5 Å². The van der Waals surface area contributed by atoms with Crippen molar-refractivity contribution < 1.29 is 0 Å². The third kappa shape index (κ3) is 4.18. The van der Waals surface area contributed by atoms with Gasteiger partial charge in [-0.1, -0.05) is 42.5 Å². The molecule has 0 amide bonds. The van der Waals surface area contributed by atoms with Gasteiger partial charge in [0.15, 0.2) is 0 Å². The maximum absolute atomic E-state index is 2.42. The molecule has 2 heterocycles. The molecule has 0 atom stereocenters. The monoisotopic (exact) mass is 664 g/mol. The van der Waals surface area contributed by atoms with E-state index in [0.717, 1.165) is 22.7 Å². The van der Waals surface area contributed by atoms with Gasteiger partial charge in [-0.15, -0.1) is 0 Å². The molecule has 0 unspecified atom stereocenters. The molecule has 0 N–H and O–H groups in total. The second-order valence-corrected chi connectivity index (χ2v) is 14.4. The fourth-order valence-corrected chi connectivity index (χ4v) is 9.95. The Bertz CT molecular complexity index is 2790. The van der Waals surface area contributed by atoms with Gasteiger partial charge in [-0.05, 0) is 10.8 Å². The molecule has 0 bridgehead atoms. The molecule has 10 aromatic rings. The van der Waals surface area contributed by atoms with Gasteiger partial charge in [0.2, 0.25) is 0 Å². The van der Waals surface area contributed by atoms with Crippen LogP contribution in [-0.2, 0) is 0 Å². The fourth-order valence-electron chi connectivity index (χ4n) is 7.35. The van der Waals surface area contributed by atoms with Gasteiger partial charge >= 0.3 is 226 Å². The van der Waals surface area contributed by atoms with Crippen LogP contribution in [0.4, 0.5) is 17.1 Å². The van der Waals surface area contributed by atoms with Gasteiger partial charge in [0.1, 0.15) is 0 Å². The average Bonchev–Trinajstić information content (AvgIpc) is 3.67. The van der Waals surface area contributed by atoms with E-state index in [1.807, 2.05) is 0 Å². The van der Waals surface area contributed by atoms with Crippen molar-refractivity contribution in [2.45, 2.75) is 0 Å². The first kappa shape index (κ1) is 26.6. The van der Waals surface area contributed by atoms with Crippen molar-refractivity contribution in [1.29, 1.82) is 0 Å². The second-order valence-electron chi connectivity index (χ2n) is 12.2. The van der Waals surface area contributed by atoms with E-state index in [1.165, 1.54) is 62.6 Å². The number of aromatic nitrogens is 1. The van der Waals surface area contributed by atoms with Crippen molar-refractivity contribution in [1.82, 2.24) is 4.57 Å². The van der Waals surface area contributed by atoms with Crippen LogP contribution in [0, 0.1) is 0 Å². The summed E-state index contributed by atoms with van der Waals surface area (Å²) in [7, 11) is 0. The molecule has 0 radical (unpaired) electrons. The van der Waals surface area contributed by atoms with Gasteiger partial charge in [-0.25, -0.2) is 0 Å². The summed E-state index contributed by atoms with van der Waals surface area (Å²) >= 11 is 0.312. The van der Waals surface area contributed by atoms with E-state index in [2.05, 4.69) is 179 Å². The molecule has 0 aliphatic rings. The average molecular weight is 664 g/mol. The second kappa shape index (κ2) is 10.5.